The van der Waals surface area contributed by atoms with Crippen LogP contribution in [0.3, 0.4) is 0 Å². The number of hydrogen-bond acceptors (Lipinski definition) is 0. The fourth-order valence-corrected chi connectivity index (χ4v) is 8.62. The molecule has 0 radical (unpaired) electrons. The van der Waals surface area contributed by atoms with Gasteiger partial charge in [0.25, 0.3) is 0 Å². The number of rotatable bonds is 0. The quantitative estimate of drug-likeness (QED) is 0.240. The van der Waals surface area contributed by atoms with Gasteiger partial charge in [-0.15, -0.1) is 0 Å². The molecule has 48 heavy (non-hydrogen) atoms. The summed E-state index contributed by atoms with van der Waals surface area (Å²) in [5.41, 5.74) is 0. The van der Waals surface area contributed by atoms with Crippen LogP contribution < -0.4 is 0 Å². The molecule has 1 saturated carbocycles. The summed E-state index contributed by atoms with van der Waals surface area (Å²) < 4.78 is 0. The van der Waals surface area contributed by atoms with Crippen molar-refractivity contribution in [3.63, 3.8) is 0 Å². The highest BCUT2D eigenvalue weighted by Crippen LogP contribution is 2.22. The summed E-state index contributed by atoms with van der Waals surface area (Å²) in [6, 6.07) is 0. The fraction of sp³-hybridized carbons (Fsp3) is 1.00. The molecule has 0 spiro atoms. The molecule has 0 heteroatoms. The molecule has 0 aromatic heterocycles. The Morgan fingerprint density at radius 3 is 0.333 bits per heavy atom. The van der Waals surface area contributed by atoms with Gasteiger partial charge in [-0.3, -0.25) is 0 Å². The van der Waals surface area contributed by atoms with E-state index < -0.39 is 0 Å². The van der Waals surface area contributed by atoms with E-state index in [4.69, 9.17) is 0 Å². The van der Waals surface area contributed by atoms with Gasteiger partial charge in [-0.1, -0.05) is 296 Å². The van der Waals surface area contributed by atoms with Gasteiger partial charge in [0.15, 0.2) is 0 Å². The molecule has 0 aliphatic heterocycles. The van der Waals surface area contributed by atoms with E-state index in [1.54, 1.807) is 0 Å². The first-order chi connectivity index (χ1) is 23.8. The standard InChI is InChI=1S/C48H96/c1-47-43-39-35-31-27-23-19-15-11-7-3-5-9-13-17-21-25-29-33-37-41-45-48(2)46-42-38-34-30-26-22-18-14-10-6-4-8-12-16-20-24-28-32-36-40-44-47/h47-48H,3-46H2,1-2H3. The van der Waals surface area contributed by atoms with Crippen molar-refractivity contribution in [2.45, 2.75) is 296 Å². The van der Waals surface area contributed by atoms with Gasteiger partial charge in [0.2, 0.25) is 0 Å². The van der Waals surface area contributed by atoms with Gasteiger partial charge in [-0.2, -0.15) is 0 Å². The Morgan fingerprint density at radius 1 is 0.146 bits per heavy atom. The van der Waals surface area contributed by atoms with Gasteiger partial charge in [-0.05, 0) is 11.8 Å². The Morgan fingerprint density at radius 2 is 0.229 bits per heavy atom. The maximum Gasteiger partial charge on any atom is -0.0443 e. The van der Waals surface area contributed by atoms with E-state index in [-0.39, 0.29) is 0 Å². The Labute approximate surface area is 307 Å². The maximum atomic E-state index is 2.52. The highest BCUT2D eigenvalue weighted by molar-refractivity contribution is 4.58. The van der Waals surface area contributed by atoms with Crippen molar-refractivity contribution in [2.24, 2.45) is 11.8 Å². The van der Waals surface area contributed by atoms with Crippen molar-refractivity contribution in [3.8, 4) is 0 Å². The Balaban J connectivity index is 2.08. The highest BCUT2D eigenvalue weighted by atomic mass is 14.1. The van der Waals surface area contributed by atoms with Crippen molar-refractivity contribution >= 4 is 0 Å². The summed E-state index contributed by atoms with van der Waals surface area (Å²) in [5, 5.41) is 0. The third-order valence-electron chi connectivity index (χ3n) is 12.3. The molecule has 0 atom stereocenters. The molecule has 288 valence electrons. The maximum absolute atomic E-state index is 2.52. The van der Waals surface area contributed by atoms with Crippen molar-refractivity contribution in [1.29, 1.82) is 0 Å². The lowest BCUT2D eigenvalue weighted by Gasteiger charge is -2.11. The van der Waals surface area contributed by atoms with Gasteiger partial charge in [0.1, 0.15) is 0 Å². The molecule has 0 heterocycles. The minimum absolute atomic E-state index is 0.965. The molecule has 0 amide bonds. The second kappa shape index (κ2) is 39.8. The van der Waals surface area contributed by atoms with Crippen molar-refractivity contribution in [1.82, 2.24) is 0 Å². The van der Waals surface area contributed by atoms with Crippen LogP contribution in [0.1, 0.15) is 296 Å². The van der Waals surface area contributed by atoms with Gasteiger partial charge in [0, 0.05) is 0 Å². The first-order valence-corrected chi connectivity index (χ1v) is 23.8. The van der Waals surface area contributed by atoms with Crippen LogP contribution in [0.25, 0.3) is 0 Å². The van der Waals surface area contributed by atoms with Crippen LogP contribution >= 0.6 is 0 Å². The molecule has 0 aromatic rings. The molecule has 1 aliphatic carbocycles. The SMILES string of the molecule is CC1CCCCCCCCCCCCCCCCCCCCCCC(C)CCCCCCCCCCCCCCCCCCCCCC1. The number of hydrogen-bond donors (Lipinski definition) is 0. The predicted octanol–water partition coefficient (Wildman–Crippen LogP) is 18.4. The first kappa shape index (κ1) is 46.0. The van der Waals surface area contributed by atoms with Crippen LogP contribution in [-0.4, -0.2) is 0 Å². The molecule has 1 rings (SSSR count). The summed E-state index contributed by atoms with van der Waals surface area (Å²) in [6.07, 6.45) is 65.7. The van der Waals surface area contributed by atoms with E-state index in [2.05, 4.69) is 13.8 Å². The van der Waals surface area contributed by atoms with Gasteiger partial charge in [-0.25, -0.2) is 0 Å². The van der Waals surface area contributed by atoms with Crippen molar-refractivity contribution in [3.05, 3.63) is 0 Å². The second-order valence-electron chi connectivity index (χ2n) is 17.5. The first-order valence-electron chi connectivity index (χ1n) is 23.8. The molecule has 0 N–H and O–H groups in total. The lowest BCUT2D eigenvalue weighted by atomic mass is 9.95. The van der Waals surface area contributed by atoms with Crippen LogP contribution in [0, 0.1) is 11.8 Å². The molecule has 0 bridgehead atoms. The molecular formula is C48H96. The van der Waals surface area contributed by atoms with E-state index in [9.17, 15) is 0 Å². The normalized spacial score (nSPS) is 26.6. The lowest BCUT2D eigenvalue weighted by Crippen LogP contribution is -1.95. The largest absolute Gasteiger partial charge is 0.0625 e. The third-order valence-corrected chi connectivity index (χ3v) is 12.3. The molecule has 1 aliphatic rings. The topological polar surface area (TPSA) is 0 Å². The van der Waals surface area contributed by atoms with Crippen LogP contribution in [0.2, 0.25) is 0 Å². The fourth-order valence-electron chi connectivity index (χ4n) is 8.62. The summed E-state index contributed by atoms with van der Waals surface area (Å²) in [6.45, 7) is 5.04. The monoisotopic (exact) mass is 673 g/mol. The molecule has 1 fully saturated rings. The van der Waals surface area contributed by atoms with Gasteiger partial charge < -0.3 is 0 Å². The molecular weight excluding hydrogens is 577 g/mol. The average molecular weight is 673 g/mol. The summed E-state index contributed by atoms with van der Waals surface area (Å²) in [4.78, 5) is 0. The van der Waals surface area contributed by atoms with E-state index >= 15 is 0 Å². The zero-order valence-corrected chi connectivity index (χ0v) is 34.3. The summed E-state index contributed by atoms with van der Waals surface area (Å²) >= 11 is 0. The summed E-state index contributed by atoms with van der Waals surface area (Å²) in [5.74, 6) is 1.93. The van der Waals surface area contributed by atoms with Crippen LogP contribution in [0.5, 0.6) is 0 Å². The predicted molar refractivity (Wildman–Crippen MR) is 221 cm³/mol. The molecule has 0 unspecified atom stereocenters. The van der Waals surface area contributed by atoms with Gasteiger partial charge in [0.05, 0.1) is 0 Å². The smallest absolute Gasteiger partial charge is 0.0443 e. The Hall–Kier alpha value is 0. The van der Waals surface area contributed by atoms with E-state index in [0.29, 0.717) is 0 Å². The highest BCUT2D eigenvalue weighted by Gasteiger charge is 2.04. The van der Waals surface area contributed by atoms with Gasteiger partial charge >= 0.3 is 0 Å². The van der Waals surface area contributed by atoms with Crippen LogP contribution in [0.4, 0.5) is 0 Å². The van der Waals surface area contributed by atoms with Crippen LogP contribution in [-0.2, 0) is 0 Å². The molecule has 0 aromatic carbocycles. The van der Waals surface area contributed by atoms with E-state index in [0.717, 1.165) is 11.8 Å². The second-order valence-corrected chi connectivity index (χ2v) is 17.5. The molecule has 0 saturated heterocycles. The minimum Gasteiger partial charge on any atom is -0.0625 e. The summed E-state index contributed by atoms with van der Waals surface area (Å²) in [7, 11) is 0. The zero-order valence-electron chi connectivity index (χ0n) is 34.3. The minimum atomic E-state index is 0.965. The zero-order chi connectivity index (χ0) is 34.3. The average Bonchev–Trinajstić information content (AvgIpc) is 3.08. The van der Waals surface area contributed by atoms with E-state index in [1.165, 1.54) is 283 Å². The Bertz CT molecular complexity index is 466. The Kier molecular flexibility index (Phi) is 38.1. The molecule has 0 nitrogen and oxygen atoms in total. The van der Waals surface area contributed by atoms with E-state index in [1.807, 2.05) is 0 Å². The van der Waals surface area contributed by atoms with Crippen molar-refractivity contribution < 1.29 is 0 Å². The van der Waals surface area contributed by atoms with Crippen molar-refractivity contribution in [2.75, 3.05) is 0 Å². The lowest BCUT2D eigenvalue weighted by molar-refractivity contribution is 0.429. The van der Waals surface area contributed by atoms with Crippen LogP contribution in [0.15, 0.2) is 0 Å². The third kappa shape index (κ3) is 37.3.